The maximum Gasteiger partial charge on any atom is 0.472 e. The molecule has 0 rings (SSSR count). The molecule has 0 saturated carbocycles. The Morgan fingerprint density at radius 2 is 1.06 bits per heavy atom. The van der Waals surface area contributed by atoms with Crippen LogP contribution in [0.15, 0.2) is 12.2 Å². The summed E-state index contributed by atoms with van der Waals surface area (Å²) in [6.45, 7) is 4.87. The molecule has 0 radical (unpaired) electrons. The lowest BCUT2D eigenvalue weighted by Crippen LogP contribution is -2.46. The number of phosphoric acid groups is 1. The Kier molecular flexibility index (Phi) is 34.5. The highest BCUT2D eigenvalue weighted by atomic mass is 31.2. The molecule has 1 amide bonds. The highest BCUT2D eigenvalue weighted by Crippen LogP contribution is 2.43. The number of likely N-dealkylation sites (N-methyl/N-ethyl adjacent to an activating group) is 1. The fraction of sp³-hybridized carbons (Fsp3) is 0.929. The van der Waals surface area contributed by atoms with Crippen LogP contribution < -0.4 is 5.32 Å². The number of aliphatic hydroxyl groups is 1. The molecule has 304 valence electrons. The third-order valence-corrected chi connectivity index (χ3v) is 10.7. The van der Waals surface area contributed by atoms with Gasteiger partial charge in [-0.15, -0.1) is 0 Å². The van der Waals surface area contributed by atoms with Crippen LogP contribution in [0.25, 0.3) is 0 Å². The summed E-state index contributed by atoms with van der Waals surface area (Å²) in [5, 5.41) is 13.9. The van der Waals surface area contributed by atoms with Crippen LogP contribution in [0.3, 0.4) is 0 Å². The van der Waals surface area contributed by atoms with Crippen LogP contribution in [-0.4, -0.2) is 73.4 Å². The number of unbranched alkanes of at least 4 members (excludes halogenated alkanes) is 24. The van der Waals surface area contributed by atoms with E-state index in [1.165, 1.54) is 135 Å². The van der Waals surface area contributed by atoms with Gasteiger partial charge in [-0.25, -0.2) is 4.57 Å². The highest BCUT2D eigenvalue weighted by molar-refractivity contribution is 7.47. The molecule has 3 unspecified atom stereocenters. The van der Waals surface area contributed by atoms with Crippen molar-refractivity contribution in [1.82, 2.24) is 5.32 Å². The van der Waals surface area contributed by atoms with Crippen LogP contribution in [0.2, 0.25) is 0 Å². The predicted molar refractivity (Wildman–Crippen MR) is 217 cm³/mol. The minimum atomic E-state index is -4.30. The largest absolute Gasteiger partial charge is 0.472 e. The number of nitrogens with zero attached hydrogens (tertiary/aromatic N) is 1. The zero-order valence-corrected chi connectivity index (χ0v) is 35.3. The Bertz CT molecular complexity index is 850. The van der Waals surface area contributed by atoms with Gasteiger partial charge in [0.15, 0.2) is 0 Å². The molecule has 0 saturated heterocycles. The summed E-state index contributed by atoms with van der Waals surface area (Å²) in [6, 6.07) is -0.757. The molecule has 0 fully saturated rings. The third kappa shape index (κ3) is 37.4. The molecule has 8 nitrogen and oxygen atoms in total. The maximum absolute atomic E-state index is 12.8. The number of rotatable bonds is 39. The van der Waals surface area contributed by atoms with Crippen LogP contribution >= 0.6 is 7.82 Å². The molecule has 9 heteroatoms. The van der Waals surface area contributed by atoms with Crippen molar-refractivity contribution < 1.29 is 32.9 Å². The molecule has 0 aliphatic rings. The minimum Gasteiger partial charge on any atom is -0.391 e. The van der Waals surface area contributed by atoms with Gasteiger partial charge in [-0.2, -0.15) is 0 Å². The van der Waals surface area contributed by atoms with Crippen molar-refractivity contribution in [1.29, 1.82) is 0 Å². The average molecular weight is 746 g/mol. The molecule has 0 aromatic heterocycles. The molecule has 0 bridgehead atoms. The first-order valence-electron chi connectivity index (χ1n) is 21.6. The lowest BCUT2D eigenvalue weighted by molar-refractivity contribution is -0.870. The smallest absolute Gasteiger partial charge is 0.391 e. The summed E-state index contributed by atoms with van der Waals surface area (Å²) in [4.78, 5) is 23.1. The molecule has 0 aromatic rings. The van der Waals surface area contributed by atoms with Crippen molar-refractivity contribution in [2.24, 2.45) is 0 Å². The molecule has 0 aliphatic heterocycles. The number of carbonyl (C=O) groups is 1. The second kappa shape index (κ2) is 35.0. The van der Waals surface area contributed by atoms with Crippen molar-refractivity contribution in [3.63, 3.8) is 0 Å². The number of phosphoric ester groups is 1. The lowest BCUT2D eigenvalue weighted by Gasteiger charge is -2.26. The van der Waals surface area contributed by atoms with Gasteiger partial charge < -0.3 is 19.8 Å². The van der Waals surface area contributed by atoms with Gasteiger partial charge in [-0.05, 0) is 38.5 Å². The summed E-state index contributed by atoms with van der Waals surface area (Å²) in [6.07, 6.45) is 38.1. The number of aliphatic hydroxyl groups excluding tert-OH is 1. The van der Waals surface area contributed by atoms with Crippen LogP contribution in [0, 0.1) is 0 Å². The topological polar surface area (TPSA) is 105 Å². The van der Waals surface area contributed by atoms with Crippen LogP contribution in [0.4, 0.5) is 0 Å². The zero-order valence-electron chi connectivity index (χ0n) is 34.4. The Morgan fingerprint density at radius 3 is 1.51 bits per heavy atom. The molecule has 3 atom stereocenters. The standard InChI is InChI=1S/C42H85N2O6P/c1-6-8-10-12-14-16-18-19-20-21-22-23-24-25-26-28-30-32-34-36-42(46)43-40(39-50-51(47,48)49-38-37-44(3,4)5)41(45)35-33-31-29-27-17-15-13-11-9-7-2/h21-22,40-41,45H,6-20,23-39H2,1-5H3,(H-,43,46,47,48)/p+1/b22-21-. The van der Waals surface area contributed by atoms with Gasteiger partial charge in [0.1, 0.15) is 13.2 Å². The normalized spacial score (nSPS) is 14.6. The number of hydrogen-bond donors (Lipinski definition) is 3. The molecule has 51 heavy (non-hydrogen) atoms. The summed E-state index contributed by atoms with van der Waals surface area (Å²) < 4.78 is 23.5. The van der Waals surface area contributed by atoms with Gasteiger partial charge in [0, 0.05) is 6.42 Å². The van der Waals surface area contributed by atoms with E-state index in [2.05, 4.69) is 31.3 Å². The number of hydrogen-bond acceptors (Lipinski definition) is 5. The number of carbonyl (C=O) groups excluding carboxylic acids is 1. The van der Waals surface area contributed by atoms with Crippen molar-refractivity contribution in [3.05, 3.63) is 12.2 Å². The molecule has 0 heterocycles. The zero-order chi connectivity index (χ0) is 37.9. The van der Waals surface area contributed by atoms with E-state index in [9.17, 15) is 19.4 Å². The average Bonchev–Trinajstić information content (AvgIpc) is 3.07. The fourth-order valence-electron chi connectivity index (χ4n) is 6.28. The highest BCUT2D eigenvalue weighted by Gasteiger charge is 2.28. The molecule has 0 aliphatic carbocycles. The molecule has 0 aromatic carbocycles. The van der Waals surface area contributed by atoms with Gasteiger partial charge >= 0.3 is 7.82 Å². The predicted octanol–water partition coefficient (Wildman–Crippen LogP) is 11.6. The Balaban J connectivity index is 4.30. The van der Waals surface area contributed by atoms with Gasteiger partial charge in [0.05, 0.1) is 39.9 Å². The summed E-state index contributed by atoms with van der Waals surface area (Å²) >= 11 is 0. The first-order valence-corrected chi connectivity index (χ1v) is 23.0. The monoisotopic (exact) mass is 746 g/mol. The van der Waals surface area contributed by atoms with E-state index in [1.54, 1.807) is 0 Å². The van der Waals surface area contributed by atoms with Gasteiger partial charge in [0.25, 0.3) is 0 Å². The number of amides is 1. The van der Waals surface area contributed by atoms with Crippen LogP contribution in [0.5, 0.6) is 0 Å². The van der Waals surface area contributed by atoms with Crippen molar-refractivity contribution in [2.75, 3.05) is 40.9 Å². The number of nitrogens with one attached hydrogen (secondary N) is 1. The molecule has 3 N–H and O–H groups in total. The van der Waals surface area contributed by atoms with Crippen LogP contribution in [0.1, 0.15) is 200 Å². The quantitative estimate of drug-likeness (QED) is 0.0250. The second-order valence-electron chi connectivity index (χ2n) is 16.1. The lowest BCUT2D eigenvalue weighted by atomic mass is 10.0. The van der Waals surface area contributed by atoms with E-state index < -0.39 is 20.0 Å². The summed E-state index contributed by atoms with van der Waals surface area (Å²) in [5.74, 6) is -0.150. The Morgan fingerprint density at radius 1 is 0.647 bits per heavy atom. The summed E-state index contributed by atoms with van der Waals surface area (Å²) in [7, 11) is 1.62. The molecule has 0 spiro atoms. The van der Waals surface area contributed by atoms with E-state index in [4.69, 9.17) is 9.05 Å². The van der Waals surface area contributed by atoms with E-state index in [0.717, 1.165) is 38.5 Å². The Labute approximate surface area is 316 Å². The van der Waals surface area contributed by atoms with E-state index in [-0.39, 0.29) is 19.1 Å². The van der Waals surface area contributed by atoms with Gasteiger partial charge in [0.2, 0.25) is 5.91 Å². The second-order valence-corrected chi connectivity index (χ2v) is 17.5. The number of allylic oxidation sites excluding steroid dienone is 2. The molecular formula is C42H86N2O6P+. The van der Waals surface area contributed by atoms with Crippen molar-refractivity contribution >= 4 is 13.7 Å². The maximum atomic E-state index is 12.8. The third-order valence-electron chi connectivity index (χ3n) is 9.76. The van der Waals surface area contributed by atoms with Gasteiger partial charge in [-0.3, -0.25) is 13.8 Å². The number of quaternary nitrogens is 1. The van der Waals surface area contributed by atoms with Crippen molar-refractivity contribution in [3.8, 4) is 0 Å². The van der Waals surface area contributed by atoms with Crippen molar-refractivity contribution in [2.45, 2.75) is 212 Å². The van der Waals surface area contributed by atoms with Gasteiger partial charge in [-0.1, -0.05) is 167 Å². The SMILES string of the molecule is CCCCCCCCCC/C=C\CCCCCCCCCC(=O)NC(COP(=O)(O)OCC[N+](C)(C)C)C(O)CCCCCCCCCCCC. The Hall–Kier alpha value is -0.760. The summed E-state index contributed by atoms with van der Waals surface area (Å²) in [5.41, 5.74) is 0. The first-order chi connectivity index (χ1) is 24.5. The molecular weight excluding hydrogens is 659 g/mol. The van der Waals surface area contributed by atoms with E-state index in [0.29, 0.717) is 23.9 Å². The first kappa shape index (κ1) is 50.2. The van der Waals surface area contributed by atoms with Crippen LogP contribution in [-0.2, 0) is 18.4 Å². The van der Waals surface area contributed by atoms with E-state index >= 15 is 0 Å². The fourth-order valence-corrected chi connectivity index (χ4v) is 7.01. The minimum absolute atomic E-state index is 0.0753. The van der Waals surface area contributed by atoms with E-state index in [1.807, 2.05) is 21.1 Å².